The molecule has 3 aromatic carbocycles. The van der Waals surface area contributed by atoms with Crippen molar-refractivity contribution >= 4 is 29.8 Å². The van der Waals surface area contributed by atoms with Crippen molar-refractivity contribution < 1.29 is 19.1 Å². The minimum Gasteiger partial charge on any atom is -0.493 e. The number of amides is 2. The molecule has 2 N–H and O–H groups in total. The van der Waals surface area contributed by atoms with Crippen molar-refractivity contribution in [3.05, 3.63) is 95.6 Å². The normalized spacial score (nSPS) is 10.8. The van der Waals surface area contributed by atoms with Gasteiger partial charge in [-0.25, -0.2) is 5.43 Å². The van der Waals surface area contributed by atoms with Crippen molar-refractivity contribution in [3.8, 4) is 11.5 Å². The molecule has 0 saturated carbocycles. The zero-order chi connectivity index (χ0) is 22.8. The number of anilines is 1. The van der Waals surface area contributed by atoms with Crippen molar-refractivity contribution in [2.45, 2.75) is 0 Å². The maximum atomic E-state index is 12.7. The number of nitrogens with zero attached hydrogens (tertiary/aromatic N) is 1. The molecule has 32 heavy (non-hydrogen) atoms. The van der Waals surface area contributed by atoms with Gasteiger partial charge in [-0.1, -0.05) is 48.5 Å². The summed E-state index contributed by atoms with van der Waals surface area (Å²) in [6.45, 7) is 0. The molecule has 2 amide bonds. The lowest BCUT2D eigenvalue weighted by Crippen LogP contribution is -2.21. The summed E-state index contributed by atoms with van der Waals surface area (Å²) in [5.41, 5.74) is 4.49. The molecular weight excluding hydrogens is 406 g/mol. The molecule has 0 aliphatic heterocycles. The Labute approximate surface area is 186 Å². The monoisotopic (exact) mass is 429 g/mol. The number of benzene rings is 3. The lowest BCUT2D eigenvalue weighted by atomic mass is 10.1. The van der Waals surface area contributed by atoms with E-state index < -0.39 is 5.91 Å². The van der Waals surface area contributed by atoms with Crippen LogP contribution in [-0.4, -0.2) is 32.2 Å². The third kappa shape index (κ3) is 5.82. The highest BCUT2D eigenvalue weighted by Gasteiger charge is 2.15. The molecular formula is C25H23N3O4. The van der Waals surface area contributed by atoms with E-state index >= 15 is 0 Å². The Morgan fingerprint density at radius 3 is 2.31 bits per heavy atom. The number of allylic oxidation sites excluding steroid dienone is 1. The Morgan fingerprint density at radius 2 is 1.56 bits per heavy atom. The van der Waals surface area contributed by atoms with E-state index in [1.807, 2.05) is 36.4 Å². The van der Waals surface area contributed by atoms with Crippen LogP contribution < -0.4 is 20.2 Å². The Balaban J connectivity index is 1.67. The van der Waals surface area contributed by atoms with E-state index in [4.69, 9.17) is 9.47 Å². The number of carbonyl (C=O) groups excluding carboxylic acids is 2. The zero-order valence-corrected chi connectivity index (χ0v) is 17.7. The second-order valence-electron chi connectivity index (χ2n) is 6.56. The molecule has 0 heterocycles. The third-order valence-corrected chi connectivity index (χ3v) is 4.48. The van der Waals surface area contributed by atoms with E-state index in [1.54, 1.807) is 48.5 Å². The van der Waals surface area contributed by atoms with Gasteiger partial charge in [0.15, 0.2) is 11.5 Å². The molecule has 0 bridgehead atoms. The highest BCUT2D eigenvalue weighted by molar-refractivity contribution is 6.09. The number of rotatable bonds is 8. The van der Waals surface area contributed by atoms with Gasteiger partial charge in [-0.3, -0.25) is 9.59 Å². The molecule has 0 spiro atoms. The van der Waals surface area contributed by atoms with Gasteiger partial charge in [-0.15, -0.1) is 0 Å². The topological polar surface area (TPSA) is 89.0 Å². The standard InChI is InChI=1S/C25H23N3O4/c1-31-22-15-14-19(17-23(22)32-2)24(29)27-21-13-7-6-12-20(21)25(30)28-26-16-8-11-18-9-4-3-5-10-18/h3-17H,1-2H3,(H,27,29)(H,28,30)/b11-8-,26-16+. The molecule has 0 aromatic heterocycles. The van der Waals surface area contributed by atoms with E-state index in [-0.39, 0.29) is 11.5 Å². The second-order valence-corrected chi connectivity index (χ2v) is 6.56. The van der Waals surface area contributed by atoms with Crippen LogP contribution in [-0.2, 0) is 0 Å². The van der Waals surface area contributed by atoms with Gasteiger partial charge < -0.3 is 14.8 Å². The maximum absolute atomic E-state index is 12.7. The van der Waals surface area contributed by atoms with Crippen LogP contribution in [0.2, 0.25) is 0 Å². The average Bonchev–Trinajstić information content (AvgIpc) is 2.84. The fourth-order valence-electron chi connectivity index (χ4n) is 2.88. The van der Waals surface area contributed by atoms with Crippen LogP contribution in [0, 0.1) is 0 Å². The molecule has 7 nitrogen and oxygen atoms in total. The SMILES string of the molecule is COc1ccc(C(=O)Nc2ccccc2C(=O)N/N=C/C=C\c2ccccc2)cc1OC. The first kappa shape index (κ1) is 22.3. The molecule has 0 radical (unpaired) electrons. The van der Waals surface area contributed by atoms with Gasteiger partial charge in [0, 0.05) is 11.8 Å². The van der Waals surface area contributed by atoms with E-state index in [0.29, 0.717) is 22.7 Å². The van der Waals surface area contributed by atoms with E-state index in [9.17, 15) is 9.59 Å². The quantitative estimate of drug-likeness (QED) is 0.411. The predicted octanol–water partition coefficient (Wildman–Crippen LogP) is 4.39. The predicted molar refractivity (Wildman–Crippen MR) is 125 cm³/mol. The number of ether oxygens (including phenoxy) is 2. The summed E-state index contributed by atoms with van der Waals surface area (Å²) < 4.78 is 10.4. The smallest absolute Gasteiger partial charge is 0.273 e. The number of carbonyl (C=O) groups is 2. The third-order valence-electron chi connectivity index (χ3n) is 4.48. The molecule has 0 saturated heterocycles. The van der Waals surface area contributed by atoms with Crippen molar-refractivity contribution in [1.82, 2.24) is 5.43 Å². The van der Waals surface area contributed by atoms with Crippen LogP contribution >= 0.6 is 0 Å². The molecule has 7 heteroatoms. The summed E-state index contributed by atoms with van der Waals surface area (Å²) in [4.78, 5) is 25.3. The summed E-state index contributed by atoms with van der Waals surface area (Å²) in [5.74, 6) is 0.116. The highest BCUT2D eigenvalue weighted by Crippen LogP contribution is 2.28. The van der Waals surface area contributed by atoms with Crippen LogP contribution in [0.4, 0.5) is 5.69 Å². The fraction of sp³-hybridized carbons (Fsp3) is 0.0800. The zero-order valence-electron chi connectivity index (χ0n) is 17.7. The molecule has 3 aromatic rings. The van der Waals surface area contributed by atoms with Crippen molar-refractivity contribution in [2.24, 2.45) is 5.10 Å². The minimum absolute atomic E-state index is 0.283. The van der Waals surface area contributed by atoms with Crippen LogP contribution in [0.15, 0.2) is 84.0 Å². The molecule has 0 fully saturated rings. The van der Waals surface area contributed by atoms with Crippen molar-refractivity contribution in [1.29, 1.82) is 0 Å². The fourth-order valence-corrected chi connectivity index (χ4v) is 2.88. The average molecular weight is 429 g/mol. The van der Waals surface area contributed by atoms with Crippen molar-refractivity contribution in [2.75, 3.05) is 19.5 Å². The van der Waals surface area contributed by atoms with Gasteiger partial charge in [-0.2, -0.15) is 5.10 Å². The first-order valence-electron chi connectivity index (χ1n) is 9.80. The van der Waals surface area contributed by atoms with Gasteiger partial charge in [0.05, 0.1) is 25.5 Å². The molecule has 162 valence electrons. The number of nitrogens with one attached hydrogen (secondary N) is 2. The lowest BCUT2D eigenvalue weighted by Gasteiger charge is -2.12. The number of methoxy groups -OCH3 is 2. The largest absolute Gasteiger partial charge is 0.493 e. The van der Waals surface area contributed by atoms with Crippen molar-refractivity contribution in [3.63, 3.8) is 0 Å². The second kappa shape index (κ2) is 11.1. The van der Waals surface area contributed by atoms with Crippen LogP contribution in [0.5, 0.6) is 11.5 Å². The van der Waals surface area contributed by atoms with Gasteiger partial charge in [-0.05, 0) is 42.0 Å². The summed E-state index contributed by atoms with van der Waals surface area (Å²) in [7, 11) is 3.02. The lowest BCUT2D eigenvalue weighted by molar-refractivity contribution is 0.0956. The number of hydrogen-bond donors (Lipinski definition) is 2. The summed E-state index contributed by atoms with van der Waals surface area (Å²) in [6, 6.07) is 21.2. The Kier molecular flexibility index (Phi) is 7.75. The van der Waals surface area contributed by atoms with Gasteiger partial charge >= 0.3 is 0 Å². The Bertz CT molecular complexity index is 1140. The number of hydrazone groups is 1. The molecule has 3 rings (SSSR count). The van der Waals surface area contributed by atoms with Crippen LogP contribution in [0.1, 0.15) is 26.3 Å². The van der Waals surface area contributed by atoms with E-state index in [0.717, 1.165) is 5.56 Å². The van der Waals surface area contributed by atoms with Gasteiger partial charge in [0.25, 0.3) is 11.8 Å². The molecule has 0 unspecified atom stereocenters. The van der Waals surface area contributed by atoms with Gasteiger partial charge in [0.1, 0.15) is 0 Å². The Morgan fingerprint density at radius 1 is 0.844 bits per heavy atom. The van der Waals surface area contributed by atoms with E-state index in [2.05, 4.69) is 15.8 Å². The Hall–Kier alpha value is -4.39. The maximum Gasteiger partial charge on any atom is 0.273 e. The van der Waals surface area contributed by atoms with Crippen LogP contribution in [0.25, 0.3) is 6.08 Å². The van der Waals surface area contributed by atoms with E-state index in [1.165, 1.54) is 20.4 Å². The minimum atomic E-state index is -0.447. The van der Waals surface area contributed by atoms with Crippen LogP contribution in [0.3, 0.4) is 0 Å². The summed E-state index contributed by atoms with van der Waals surface area (Å²) >= 11 is 0. The molecule has 0 aliphatic carbocycles. The highest BCUT2D eigenvalue weighted by atomic mass is 16.5. The number of hydrogen-bond acceptors (Lipinski definition) is 5. The molecule has 0 atom stereocenters. The van der Waals surface area contributed by atoms with Gasteiger partial charge in [0.2, 0.25) is 0 Å². The number of para-hydroxylation sites is 1. The summed E-state index contributed by atoms with van der Waals surface area (Å²) in [6.07, 6.45) is 5.07. The summed E-state index contributed by atoms with van der Waals surface area (Å²) in [5, 5.41) is 6.69. The first-order valence-corrected chi connectivity index (χ1v) is 9.80. The first-order chi connectivity index (χ1) is 15.6. The molecule has 0 aliphatic rings.